The summed E-state index contributed by atoms with van der Waals surface area (Å²) in [6.45, 7) is 2.15. The second-order valence-electron chi connectivity index (χ2n) is 5.43. The van der Waals surface area contributed by atoms with Gasteiger partial charge in [0.05, 0.1) is 16.8 Å². The second-order valence-corrected chi connectivity index (χ2v) is 6.29. The molecule has 1 heterocycles. The van der Waals surface area contributed by atoms with Crippen molar-refractivity contribution in [3.8, 4) is 0 Å². The minimum absolute atomic E-state index is 0.0217. The van der Waals surface area contributed by atoms with Gasteiger partial charge in [0.1, 0.15) is 5.82 Å². The Hall–Kier alpha value is -1.43. The molecular weight excluding hydrogens is 341 g/mol. The maximum atomic E-state index is 13.5. The Morgan fingerprint density at radius 1 is 1.43 bits per heavy atom. The van der Waals surface area contributed by atoms with Gasteiger partial charge in [-0.3, -0.25) is 9.59 Å². The maximum absolute atomic E-state index is 13.5. The Morgan fingerprint density at radius 3 is 2.76 bits per heavy atom. The van der Waals surface area contributed by atoms with E-state index >= 15 is 0 Å². The number of carboxylic acids is 1. The molecule has 114 valence electrons. The highest BCUT2D eigenvalue weighted by atomic mass is 79.9. The van der Waals surface area contributed by atoms with Crippen molar-refractivity contribution < 1.29 is 19.1 Å². The number of hydrogen-bond donors (Lipinski definition) is 1. The van der Waals surface area contributed by atoms with Gasteiger partial charge in [-0.05, 0) is 53.4 Å². The predicted octanol–water partition coefficient (Wildman–Crippen LogP) is 2.84. The van der Waals surface area contributed by atoms with E-state index in [0.717, 1.165) is 0 Å². The maximum Gasteiger partial charge on any atom is 0.308 e. The van der Waals surface area contributed by atoms with Crippen molar-refractivity contribution in [3.63, 3.8) is 0 Å². The van der Waals surface area contributed by atoms with E-state index in [9.17, 15) is 14.0 Å². The van der Waals surface area contributed by atoms with Gasteiger partial charge >= 0.3 is 5.97 Å². The second kappa shape index (κ2) is 6.56. The number of aliphatic carboxylic acids is 1. The van der Waals surface area contributed by atoms with Crippen LogP contribution in [0.4, 0.5) is 4.39 Å². The van der Waals surface area contributed by atoms with E-state index in [-0.39, 0.29) is 24.9 Å². The number of likely N-dealkylation sites (tertiary alicyclic amines) is 1. The molecule has 1 aromatic carbocycles. The lowest BCUT2D eigenvalue weighted by Gasteiger charge is -2.36. The molecule has 1 aliphatic heterocycles. The first kappa shape index (κ1) is 15.9. The molecule has 1 amide bonds. The third kappa shape index (κ3) is 3.81. The van der Waals surface area contributed by atoms with Crippen LogP contribution in [0, 0.1) is 11.7 Å². The summed E-state index contributed by atoms with van der Waals surface area (Å²) in [6.07, 6.45) is 1.35. The summed E-state index contributed by atoms with van der Waals surface area (Å²) >= 11 is 3.07. The first-order chi connectivity index (χ1) is 9.88. The van der Waals surface area contributed by atoms with Crippen LogP contribution in [0.25, 0.3) is 0 Å². The number of halogens is 2. The Labute approximate surface area is 131 Å². The van der Waals surface area contributed by atoms with E-state index in [1.54, 1.807) is 17.0 Å². The standard InChI is InChI=1S/C15H17BrFNO3/c1-9-2-4-11(15(20)21)8-18(9)14(19)7-10-3-5-12(16)13(17)6-10/h3,5-6,9,11H,2,4,7-8H2,1H3,(H,20,21). The zero-order valence-electron chi connectivity index (χ0n) is 11.7. The zero-order valence-corrected chi connectivity index (χ0v) is 13.3. The van der Waals surface area contributed by atoms with Gasteiger partial charge in [-0.1, -0.05) is 6.07 Å². The third-order valence-electron chi connectivity index (χ3n) is 3.89. The van der Waals surface area contributed by atoms with Gasteiger partial charge in [0.25, 0.3) is 0 Å². The third-order valence-corrected chi connectivity index (χ3v) is 4.53. The molecule has 0 bridgehead atoms. The highest BCUT2D eigenvalue weighted by molar-refractivity contribution is 9.10. The highest BCUT2D eigenvalue weighted by Gasteiger charge is 2.32. The van der Waals surface area contributed by atoms with Crippen molar-refractivity contribution in [2.24, 2.45) is 5.92 Å². The Kier molecular flexibility index (Phi) is 4.98. The van der Waals surface area contributed by atoms with Crippen molar-refractivity contribution in [2.45, 2.75) is 32.2 Å². The summed E-state index contributed by atoms with van der Waals surface area (Å²) in [5.74, 6) is -1.94. The molecule has 2 unspecified atom stereocenters. The Bertz CT molecular complexity index is 564. The quantitative estimate of drug-likeness (QED) is 0.904. The average Bonchev–Trinajstić information content (AvgIpc) is 2.43. The number of piperidine rings is 1. The number of carbonyl (C=O) groups excluding carboxylic acids is 1. The summed E-state index contributed by atoms with van der Waals surface area (Å²) in [7, 11) is 0. The molecule has 2 rings (SSSR count). The largest absolute Gasteiger partial charge is 0.481 e. The first-order valence-electron chi connectivity index (χ1n) is 6.84. The Balaban J connectivity index is 2.07. The van der Waals surface area contributed by atoms with Crippen LogP contribution in [-0.4, -0.2) is 34.5 Å². The number of carboxylic acid groups (broad SMARTS) is 1. The molecule has 1 fully saturated rings. The van der Waals surface area contributed by atoms with Crippen LogP contribution in [0.3, 0.4) is 0 Å². The van der Waals surface area contributed by atoms with Crippen LogP contribution < -0.4 is 0 Å². The number of amides is 1. The number of hydrogen-bond acceptors (Lipinski definition) is 2. The van der Waals surface area contributed by atoms with Gasteiger partial charge in [0, 0.05) is 12.6 Å². The molecule has 1 N–H and O–H groups in total. The van der Waals surface area contributed by atoms with Crippen molar-refractivity contribution in [1.82, 2.24) is 4.90 Å². The molecule has 1 aliphatic rings. The molecule has 0 saturated carbocycles. The lowest BCUT2D eigenvalue weighted by Crippen LogP contribution is -2.47. The van der Waals surface area contributed by atoms with Crippen LogP contribution in [0.15, 0.2) is 22.7 Å². The predicted molar refractivity (Wildman–Crippen MR) is 79.3 cm³/mol. The van der Waals surface area contributed by atoms with E-state index in [2.05, 4.69) is 15.9 Å². The molecule has 0 aliphatic carbocycles. The van der Waals surface area contributed by atoms with E-state index in [4.69, 9.17) is 5.11 Å². The summed E-state index contributed by atoms with van der Waals surface area (Å²) in [5, 5.41) is 9.09. The van der Waals surface area contributed by atoms with Gasteiger partial charge in [-0.2, -0.15) is 0 Å². The van der Waals surface area contributed by atoms with Crippen molar-refractivity contribution in [2.75, 3.05) is 6.54 Å². The lowest BCUT2D eigenvalue weighted by atomic mass is 9.93. The minimum Gasteiger partial charge on any atom is -0.481 e. The molecule has 1 aromatic rings. The molecule has 4 nitrogen and oxygen atoms in total. The summed E-state index contributed by atoms with van der Waals surface area (Å²) in [4.78, 5) is 25.0. The summed E-state index contributed by atoms with van der Waals surface area (Å²) in [5.41, 5.74) is 0.588. The minimum atomic E-state index is -0.866. The van der Waals surface area contributed by atoms with Crippen LogP contribution in [0.2, 0.25) is 0 Å². The molecular formula is C15H17BrFNO3. The van der Waals surface area contributed by atoms with Gasteiger partial charge in [-0.25, -0.2) is 4.39 Å². The summed E-state index contributed by atoms with van der Waals surface area (Å²) < 4.78 is 13.8. The van der Waals surface area contributed by atoms with Crippen molar-refractivity contribution >= 4 is 27.8 Å². The fourth-order valence-corrected chi connectivity index (χ4v) is 2.83. The smallest absolute Gasteiger partial charge is 0.308 e. The lowest BCUT2D eigenvalue weighted by molar-refractivity contribution is -0.146. The van der Waals surface area contributed by atoms with E-state index in [1.807, 2.05) is 6.92 Å². The van der Waals surface area contributed by atoms with E-state index in [1.165, 1.54) is 6.07 Å². The van der Waals surface area contributed by atoms with Crippen LogP contribution in [-0.2, 0) is 16.0 Å². The SMILES string of the molecule is CC1CCC(C(=O)O)CN1C(=O)Cc1ccc(Br)c(F)c1. The van der Waals surface area contributed by atoms with Crippen LogP contribution in [0.1, 0.15) is 25.3 Å². The van der Waals surface area contributed by atoms with Gasteiger partial charge in [0.15, 0.2) is 0 Å². The zero-order chi connectivity index (χ0) is 15.6. The first-order valence-corrected chi connectivity index (χ1v) is 7.64. The fourth-order valence-electron chi connectivity index (χ4n) is 2.58. The average molecular weight is 358 g/mol. The van der Waals surface area contributed by atoms with Gasteiger partial charge in [-0.15, -0.1) is 0 Å². The van der Waals surface area contributed by atoms with Gasteiger partial charge < -0.3 is 10.0 Å². The molecule has 2 atom stereocenters. The van der Waals surface area contributed by atoms with Gasteiger partial charge in [0.2, 0.25) is 5.91 Å². The fraction of sp³-hybridized carbons (Fsp3) is 0.467. The van der Waals surface area contributed by atoms with Crippen molar-refractivity contribution in [3.05, 3.63) is 34.1 Å². The number of rotatable bonds is 3. The molecule has 0 spiro atoms. The normalized spacial score (nSPS) is 22.1. The number of nitrogens with zero attached hydrogens (tertiary/aromatic N) is 1. The number of carbonyl (C=O) groups is 2. The highest BCUT2D eigenvalue weighted by Crippen LogP contribution is 2.23. The van der Waals surface area contributed by atoms with E-state index < -0.39 is 17.7 Å². The number of benzene rings is 1. The monoisotopic (exact) mass is 357 g/mol. The molecule has 0 aromatic heterocycles. The molecule has 0 radical (unpaired) electrons. The Morgan fingerprint density at radius 2 is 2.14 bits per heavy atom. The molecule has 6 heteroatoms. The molecule has 21 heavy (non-hydrogen) atoms. The van der Waals surface area contributed by atoms with Crippen molar-refractivity contribution in [1.29, 1.82) is 0 Å². The molecule has 1 saturated heterocycles. The van der Waals surface area contributed by atoms with Crippen LogP contribution in [0.5, 0.6) is 0 Å². The topological polar surface area (TPSA) is 57.6 Å². The summed E-state index contributed by atoms with van der Waals surface area (Å²) in [6, 6.07) is 4.60. The van der Waals surface area contributed by atoms with E-state index in [0.29, 0.717) is 22.9 Å². The van der Waals surface area contributed by atoms with Crippen LogP contribution >= 0.6 is 15.9 Å².